The molecule has 1 rings (SSSR count). The van der Waals surface area contributed by atoms with Crippen LogP contribution in [0.25, 0.3) is 0 Å². The maximum absolute atomic E-state index is 11.8. The van der Waals surface area contributed by atoms with Crippen LogP contribution in [-0.2, 0) is 10.2 Å². The second-order valence-corrected chi connectivity index (χ2v) is 6.18. The van der Waals surface area contributed by atoms with Crippen LogP contribution in [0.1, 0.15) is 47.2 Å². The number of nitrogens with zero attached hydrogens (tertiary/aromatic N) is 1. The van der Waals surface area contributed by atoms with Gasteiger partial charge in [0.15, 0.2) is 0 Å². The van der Waals surface area contributed by atoms with Gasteiger partial charge in [0.05, 0.1) is 11.8 Å². The van der Waals surface area contributed by atoms with Gasteiger partial charge in [-0.25, -0.2) is 0 Å². The monoisotopic (exact) mass is 254 g/mol. The van der Waals surface area contributed by atoms with Crippen LogP contribution in [0.3, 0.4) is 0 Å². The Morgan fingerprint density at radius 2 is 1.94 bits per heavy atom. The molecule has 0 spiro atoms. The van der Waals surface area contributed by atoms with Crippen LogP contribution in [0.5, 0.6) is 0 Å². The highest BCUT2D eigenvalue weighted by atomic mass is 16.5. The summed E-state index contributed by atoms with van der Waals surface area (Å²) in [5.74, 6) is 0.165. The van der Waals surface area contributed by atoms with Gasteiger partial charge in [-0.05, 0) is 6.92 Å². The third kappa shape index (κ3) is 3.10. The smallest absolute Gasteiger partial charge is 0.232 e. The van der Waals surface area contributed by atoms with Gasteiger partial charge < -0.3 is 9.63 Å². The number of nitrogens with one attached hydrogen (secondary N) is 1. The van der Waals surface area contributed by atoms with Gasteiger partial charge >= 0.3 is 0 Å². The Bertz CT molecular complexity index is 428. The summed E-state index contributed by atoms with van der Waals surface area (Å²) in [5.41, 5.74) is -0.400. The predicted octanol–water partition coefficient (Wildman–Crippen LogP) is 2.32. The summed E-state index contributed by atoms with van der Waals surface area (Å²) in [6.07, 6.45) is -0.561. The van der Waals surface area contributed by atoms with Gasteiger partial charge in [-0.15, -0.1) is 0 Å². The van der Waals surface area contributed by atoms with Gasteiger partial charge in [0.25, 0.3) is 0 Å². The first kappa shape index (κ1) is 14.7. The summed E-state index contributed by atoms with van der Waals surface area (Å²) in [7, 11) is 0. The number of amides is 1. The van der Waals surface area contributed by atoms with Crippen LogP contribution in [0, 0.1) is 5.41 Å². The second kappa shape index (κ2) is 4.72. The molecular weight excluding hydrogens is 232 g/mol. The van der Waals surface area contributed by atoms with E-state index in [4.69, 9.17) is 4.52 Å². The van der Waals surface area contributed by atoms with Crippen molar-refractivity contribution in [2.45, 2.75) is 53.1 Å². The lowest BCUT2D eigenvalue weighted by atomic mass is 9.84. The van der Waals surface area contributed by atoms with Crippen LogP contribution in [-0.4, -0.2) is 22.3 Å². The van der Waals surface area contributed by atoms with Crippen molar-refractivity contribution in [3.05, 3.63) is 11.8 Å². The van der Waals surface area contributed by atoms with E-state index in [-0.39, 0.29) is 5.91 Å². The molecule has 1 aromatic heterocycles. The lowest BCUT2D eigenvalue weighted by molar-refractivity contribution is -0.123. The molecule has 0 radical (unpaired) electrons. The molecule has 0 aliphatic rings. The van der Waals surface area contributed by atoms with E-state index < -0.39 is 16.9 Å². The molecule has 1 amide bonds. The van der Waals surface area contributed by atoms with Crippen LogP contribution < -0.4 is 5.32 Å². The highest BCUT2D eigenvalue weighted by Crippen LogP contribution is 2.28. The third-order valence-corrected chi connectivity index (χ3v) is 3.13. The number of hydrogen-bond donors (Lipinski definition) is 2. The molecule has 0 unspecified atom stereocenters. The van der Waals surface area contributed by atoms with Gasteiger partial charge in [-0.3, -0.25) is 10.1 Å². The molecule has 0 aliphatic carbocycles. The second-order valence-electron chi connectivity index (χ2n) is 6.18. The quantitative estimate of drug-likeness (QED) is 0.868. The normalized spacial score (nSPS) is 14.4. The summed E-state index contributed by atoms with van der Waals surface area (Å²) in [6.45, 7) is 10.9. The highest BCUT2D eigenvalue weighted by molar-refractivity contribution is 5.93. The summed E-state index contributed by atoms with van der Waals surface area (Å²) in [6, 6.07) is 1.65. The first-order valence-corrected chi connectivity index (χ1v) is 6.02. The van der Waals surface area contributed by atoms with E-state index in [1.54, 1.807) is 13.0 Å². The van der Waals surface area contributed by atoms with Gasteiger partial charge in [0, 0.05) is 16.9 Å². The van der Waals surface area contributed by atoms with E-state index in [2.05, 4.69) is 10.5 Å². The summed E-state index contributed by atoms with van der Waals surface area (Å²) in [5, 5.41) is 16.2. The molecular formula is C13H22N2O3. The summed E-state index contributed by atoms with van der Waals surface area (Å²) in [4.78, 5) is 11.8. The van der Waals surface area contributed by atoms with Crippen molar-refractivity contribution in [3.8, 4) is 0 Å². The molecule has 0 saturated heterocycles. The summed E-state index contributed by atoms with van der Waals surface area (Å²) >= 11 is 0. The number of hydrogen-bond acceptors (Lipinski definition) is 4. The molecule has 5 nitrogen and oxygen atoms in total. The van der Waals surface area contributed by atoms with Crippen molar-refractivity contribution in [1.29, 1.82) is 0 Å². The maximum Gasteiger partial charge on any atom is 0.232 e. The zero-order valence-electron chi connectivity index (χ0n) is 11.9. The molecule has 0 aromatic carbocycles. The minimum absolute atomic E-state index is 0.139. The molecule has 0 saturated carbocycles. The topological polar surface area (TPSA) is 75.4 Å². The Labute approximate surface area is 108 Å². The van der Waals surface area contributed by atoms with Crippen molar-refractivity contribution in [2.75, 3.05) is 5.32 Å². The molecule has 1 atom stereocenters. The molecule has 1 aromatic rings. The predicted molar refractivity (Wildman–Crippen MR) is 69.3 cm³/mol. The minimum atomic E-state index is -0.561. The van der Waals surface area contributed by atoms with E-state index in [1.165, 1.54) is 0 Å². The first-order chi connectivity index (χ1) is 8.05. The molecule has 102 valence electrons. The van der Waals surface area contributed by atoms with Crippen molar-refractivity contribution in [1.82, 2.24) is 5.16 Å². The Morgan fingerprint density at radius 3 is 2.39 bits per heavy atom. The fourth-order valence-electron chi connectivity index (χ4n) is 1.15. The van der Waals surface area contributed by atoms with Crippen molar-refractivity contribution in [3.63, 3.8) is 0 Å². The first-order valence-electron chi connectivity index (χ1n) is 6.02. The van der Waals surface area contributed by atoms with Crippen molar-refractivity contribution < 1.29 is 14.4 Å². The Balaban J connectivity index is 2.85. The number of aliphatic hydroxyl groups is 1. The van der Waals surface area contributed by atoms with E-state index in [9.17, 15) is 9.90 Å². The average Bonchev–Trinajstić information content (AvgIpc) is 2.64. The number of aromatic nitrogens is 1. The number of anilines is 1. The Kier molecular flexibility index (Phi) is 3.86. The zero-order valence-corrected chi connectivity index (χ0v) is 11.9. The molecule has 5 heteroatoms. The Hall–Kier alpha value is -1.36. The van der Waals surface area contributed by atoms with Crippen LogP contribution in [0.4, 0.5) is 5.88 Å². The fourth-order valence-corrected chi connectivity index (χ4v) is 1.15. The average molecular weight is 254 g/mol. The summed E-state index contributed by atoms with van der Waals surface area (Å²) < 4.78 is 5.07. The van der Waals surface area contributed by atoms with Gasteiger partial charge in [-0.2, -0.15) is 0 Å². The maximum atomic E-state index is 11.8. The number of carbonyl (C=O) groups excluding carboxylic acids is 1. The van der Waals surface area contributed by atoms with Gasteiger partial charge in [-0.1, -0.05) is 39.8 Å². The molecule has 0 bridgehead atoms. The SMILES string of the molecule is C[C@H](O)C(C)(C)c1cc(NC(=O)C(C)(C)C)on1. The van der Waals surface area contributed by atoms with Crippen molar-refractivity contribution in [2.24, 2.45) is 5.41 Å². The van der Waals surface area contributed by atoms with Gasteiger partial charge in [0.2, 0.25) is 11.8 Å². The van der Waals surface area contributed by atoms with E-state index in [0.29, 0.717) is 11.6 Å². The van der Waals surface area contributed by atoms with E-state index in [0.717, 1.165) is 0 Å². The Morgan fingerprint density at radius 1 is 1.39 bits per heavy atom. The number of rotatable bonds is 3. The molecule has 0 aliphatic heterocycles. The van der Waals surface area contributed by atoms with Crippen LogP contribution in [0.15, 0.2) is 10.6 Å². The lowest BCUT2D eigenvalue weighted by Gasteiger charge is -2.24. The lowest BCUT2D eigenvalue weighted by Crippen LogP contribution is -2.31. The zero-order chi connectivity index (χ0) is 14.1. The van der Waals surface area contributed by atoms with E-state index in [1.807, 2.05) is 34.6 Å². The highest BCUT2D eigenvalue weighted by Gasteiger charge is 2.31. The fraction of sp³-hybridized carbons (Fsp3) is 0.692. The minimum Gasteiger partial charge on any atom is -0.392 e. The van der Waals surface area contributed by atoms with Crippen molar-refractivity contribution >= 4 is 11.8 Å². The molecule has 18 heavy (non-hydrogen) atoms. The van der Waals surface area contributed by atoms with Crippen LogP contribution >= 0.6 is 0 Å². The largest absolute Gasteiger partial charge is 0.392 e. The molecule has 1 heterocycles. The van der Waals surface area contributed by atoms with Crippen LogP contribution in [0.2, 0.25) is 0 Å². The number of aliphatic hydroxyl groups excluding tert-OH is 1. The standard InChI is InChI=1S/C13H22N2O3/c1-8(16)13(5,6)9-7-10(18-15-9)14-11(17)12(2,3)4/h7-8,16H,1-6H3,(H,14,17)/t8-/m0/s1. The third-order valence-electron chi connectivity index (χ3n) is 3.13. The number of carbonyl (C=O) groups is 1. The van der Waals surface area contributed by atoms with E-state index >= 15 is 0 Å². The van der Waals surface area contributed by atoms with Gasteiger partial charge in [0.1, 0.15) is 0 Å². The molecule has 2 N–H and O–H groups in total. The molecule has 0 fully saturated rings.